The van der Waals surface area contributed by atoms with Crippen molar-refractivity contribution in [2.24, 2.45) is 0 Å². The van der Waals surface area contributed by atoms with Gasteiger partial charge in [-0.3, -0.25) is 9.78 Å². The largest absolute Gasteiger partial charge is 0.481 e. The Morgan fingerprint density at radius 1 is 1.11 bits per heavy atom. The number of nitrogens with zero attached hydrogens (tertiary/aromatic N) is 2. The Hall–Kier alpha value is -3.91. The number of carbonyl (C=O) groups excluding carboxylic acids is 1. The fourth-order valence-corrected chi connectivity index (χ4v) is 2.49. The van der Waals surface area contributed by atoms with Gasteiger partial charge in [-0.05, 0) is 67.1 Å². The van der Waals surface area contributed by atoms with Crippen molar-refractivity contribution < 1.29 is 9.53 Å². The number of hydrogen-bond acceptors (Lipinski definition) is 4. The number of nitrogens with one attached hydrogen (secondary N) is 1. The highest BCUT2D eigenvalue weighted by Gasteiger charge is 2.15. The highest BCUT2D eigenvalue weighted by Crippen LogP contribution is 2.16. The number of aromatic nitrogens is 1. The zero-order valence-electron chi connectivity index (χ0n) is 15.4. The molecule has 1 heterocycles. The van der Waals surface area contributed by atoms with Gasteiger partial charge in [0.25, 0.3) is 5.91 Å². The van der Waals surface area contributed by atoms with Crippen LogP contribution in [0.25, 0.3) is 12.2 Å². The molecule has 0 radical (unpaired) electrons. The minimum absolute atomic E-state index is 0.254. The van der Waals surface area contributed by atoms with Gasteiger partial charge < -0.3 is 10.1 Å². The Balaban J connectivity index is 1.61. The van der Waals surface area contributed by atoms with E-state index in [1.807, 2.05) is 60.7 Å². The van der Waals surface area contributed by atoms with E-state index in [2.05, 4.69) is 10.3 Å². The van der Waals surface area contributed by atoms with Crippen LogP contribution in [-0.2, 0) is 4.79 Å². The third-order valence-electron chi connectivity index (χ3n) is 3.95. The van der Waals surface area contributed by atoms with Crippen molar-refractivity contribution in [3.05, 3.63) is 89.7 Å². The number of ether oxygens (including phenoxy) is 1. The molecule has 3 rings (SSSR count). The molecule has 0 bridgehead atoms. The van der Waals surface area contributed by atoms with Gasteiger partial charge in [0, 0.05) is 11.9 Å². The molecule has 1 atom stereocenters. The molecular weight excluding hydrogens is 350 g/mol. The van der Waals surface area contributed by atoms with Crippen molar-refractivity contribution in [3.63, 3.8) is 0 Å². The van der Waals surface area contributed by atoms with Gasteiger partial charge in [-0.25, -0.2) is 0 Å². The molecular formula is C23H19N3O2. The number of amides is 1. The number of anilines is 1. The van der Waals surface area contributed by atoms with Crippen LogP contribution in [0, 0.1) is 11.3 Å². The van der Waals surface area contributed by atoms with E-state index in [0.29, 0.717) is 17.0 Å². The van der Waals surface area contributed by atoms with Crippen molar-refractivity contribution >= 4 is 23.7 Å². The van der Waals surface area contributed by atoms with Crippen molar-refractivity contribution in [2.45, 2.75) is 13.0 Å². The second-order valence-electron chi connectivity index (χ2n) is 6.10. The predicted octanol–water partition coefficient (Wildman–Crippen LogP) is 4.53. The Kier molecular flexibility index (Phi) is 6.17. The first-order chi connectivity index (χ1) is 13.6. The van der Waals surface area contributed by atoms with Crippen LogP contribution in [0.1, 0.15) is 23.7 Å². The van der Waals surface area contributed by atoms with Gasteiger partial charge in [0.2, 0.25) is 0 Å². The summed E-state index contributed by atoms with van der Waals surface area (Å²) in [7, 11) is 0. The molecule has 0 aliphatic rings. The molecule has 28 heavy (non-hydrogen) atoms. The first kappa shape index (κ1) is 18.9. The summed E-state index contributed by atoms with van der Waals surface area (Å²) in [6.07, 6.45) is 4.92. The van der Waals surface area contributed by atoms with Crippen molar-refractivity contribution in [3.8, 4) is 11.8 Å². The SMILES string of the molecule is CC(Oc1ccc(C#N)cc1)C(=O)Nc1cccc(/C=C/c2ccccn2)c1. The highest BCUT2D eigenvalue weighted by atomic mass is 16.5. The predicted molar refractivity (Wildman–Crippen MR) is 109 cm³/mol. The summed E-state index contributed by atoms with van der Waals surface area (Å²) in [5, 5.41) is 11.7. The molecule has 138 valence electrons. The van der Waals surface area contributed by atoms with Crippen LogP contribution in [0.2, 0.25) is 0 Å². The maximum Gasteiger partial charge on any atom is 0.265 e. The number of hydrogen-bond donors (Lipinski definition) is 1. The Morgan fingerprint density at radius 2 is 1.93 bits per heavy atom. The fraction of sp³-hybridized carbons (Fsp3) is 0.0870. The maximum absolute atomic E-state index is 12.4. The molecule has 0 saturated heterocycles. The lowest BCUT2D eigenvalue weighted by Crippen LogP contribution is -2.30. The molecule has 5 nitrogen and oxygen atoms in total. The van der Waals surface area contributed by atoms with Gasteiger partial charge in [-0.1, -0.05) is 24.3 Å². The monoisotopic (exact) mass is 369 g/mol. The van der Waals surface area contributed by atoms with Crippen molar-refractivity contribution in [1.29, 1.82) is 5.26 Å². The van der Waals surface area contributed by atoms with Gasteiger partial charge in [-0.2, -0.15) is 5.26 Å². The summed E-state index contributed by atoms with van der Waals surface area (Å²) in [6.45, 7) is 1.68. The van der Waals surface area contributed by atoms with Crippen LogP contribution < -0.4 is 10.1 Å². The summed E-state index contributed by atoms with van der Waals surface area (Å²) in [5.41, 5.74) is 3.04. The zero-order valence-corrected chi connectivity index (χ0v) is 15.4. The summed E-state index contributed by atoms with van der Waals surface area (Å²) < 4.78 is 5.64. The van der Waals surface area contributed by atoms with Crippen molar-refractivity contribution in [1.82, 2.24) is 4.98 Å². The lowest BCUT2D eigenvalue weighted by atomic mass is 10.1. The minimum atomic E-state index is -0.680. The Morgan fingerprint density at radius 3 is 2.64 bits per heavy atom. The van der Waals surface area contributed by atoms with Gasteiger partial charge in [-0.15, -0.1) is 0 Å². The molecule has 5 heteroatoms. The summed E-state index contributed by atoms with van der Waals surface area (Å²) >= 11 is 0. The third kappa shape index (κ3) is 5.29. The van der Waals surface area contributed by atoms with E-state index >= 15 is 0 Å². The van der Waals surface area contributed by atoms with Gasteiger partial charge >= 0.3 is 0 Å². The number of nitriles is 1. The topological polar surface area (TPSA) is 75.0 Å². The van der Waals surface area contributed by atoms with Crippen molar-refractivity contribution in [2.75, 3.05) is 5.32 Å². The van der Waals surface area contributed by atoms with E-state index in [9.17, 15) is 4.79 Å². The molecule has 1 N–H and O–H groups in total. The number of benzene rings is 2. The van der Waals surface area contributed by atoms with Crippen LogP contribution >= 0.6 is 0 Å². The molecule has 3 aromatic rings. The van der Waals surface area contributed by atoms with Gasteiger partial charge in [0.15, 0.2) is 6.10 Å². The first-order valence-electron chi connectivity index (χ1n) is 8.81. The lowest BCUT2D eigenvalue weighted by Gasteiger charge is -2.15. The summed E-state index contributed by atoms with van der Waals surface area (Å²) in [4.78, 5) is 16.7. The first-order valence-corrected chi connectivity index (χ1v) is 8.81. The minimum Gasteiger partial charge on any atom is -0.481 e. The number of carbonyl (C=O) groups is 1. The smallest absolute Gasteiger partial charge is 0.265 e. The number of rotatable bonds is 6. The molecule has 0 spiro atoms. The quantitative estimate of drug-likeness (QED) is 0.693. The second kappa shape index (κ2) is 9.15. The van der Waals surface area contributed by atoms with Gasteiger partial charge in [0.1, 0.15) is 5.75 Å². The van der Waals surface area contributed by atoms with E-state index in [0.717, 1.165) is 11.3 Å². The second-order valence-corrected chi connectivity index (χ2v) is 6.10. The van der Waals surface area contributed by atoms with E-state index in [1.165, 1.54) is 0 Å². The van der Waals surface area contributed by atoms with Crippen LogP contribution in [0.4, 0.5) is 5.69 Å². The molecule has 0 fully saturated rings. The molecule has 0 aliphatic heterocycles. The zero-order chi connectivity index (χ0) is 19.8. The van der Waals surface area contributed by atoms with E-state index in [1.54, 1.807) is 37.4 Å². The summed E-state index contributed by atoms with van der Waals surface area (Å²) in [5.74, 6) is 0.281. The molecule has 0 saturated carbocycles. The molecule has 1 amide bonds. The van der Waals surface area contributed by atoms with Crippen LogP contribution in [0.15, 0.2) is 72.9 Å². The molecule has 1 unspecified atom stereocenters. The average Bonchev–Trinajstić information content (AvgIpc) is 2.74. The normalized spacial score (nSPS) is 11.6. The van der Waals surface area contributed by atoms with E-state index in [4.69, 9.17) is 10.00 Å². The van der Waals surface area contributed by atoms with Crippen LogP contribution in [0.3, 0.4) is 0 Å². The van der Waals surface area contributed by atoms with E-state index < -0.39 is 6.10 Å². The third-order valence-corrected chi connectivity index (χ3v) is 3.95. The number of pyridine rings is 1. The standard InChI is InChI=1S/C23H19N3O2/c1-17(28-22-12-9-19(16-24)10-13-22)23(27)26-21-7-4-5-18(15-21)8-11-20-6-2-3-14-25-20/h2-15,17H,1H3,(H,26,27)/b11-8+. The Bertz CT molecular complexity index is 1010. The fourth-order valence-electron chi connectivity index (χ4n) is 2.49. The van der Waals surface area contributed by atoms with Crippen LogP contribution in [-0.4, -0.2) is 17.0 Å². The average molecular weight is 369 g/mol. The highest BCUT2D eigenvalue weighted by molar-refractivity contribution is 5.94. The molecule has 2 aromatic carbocycles. The Labute approximate surface area is 163 Å². The van der Waals surface area contributed by atoms with Gasteiger partial charge in [0.05, 0.1) is 17.3 Å². The maximum atomic E-state index is 12.4. The lowest BCUT2D eigenvalue weighted by molar-refractivity contribution is -0.122. The molecule has 0 aliphatic carbocycles. The van der Waals surface area contributed by atoms with Crippen LogP contribution in [0.5, 0.6) is 5.75 Å². The summed E-state index contributed by atoms with van der Waals surface area (Å²) in [6, 6.07) is 21.9. The van der Waals surface area contributed by atoms with E-state index in [-0.39, 0.29) is 5.91 Å². The molecule has 1 aromatic heterocycles.